The van der Waals surface area contributed by atoms with Crippen molar-refractivity contribution >= 4 is 11.4 Å². The molecular weight excluding hydrogens is 251 g/mol. The number of halogens is 1. The van der Waals surface area contributed by atoms with Crippen molar-refractivity contribution in [2.75, 3.05) is 11.9 Å². The van der Waals surface area contributed by atoms with Crippen molar-refractivity contribution < 1.29 is 14.4 Å². The lowest BCUT2D eigenvalue weighted by molar-refractivity contribution is -0.386. The Morgan fingerprint density at radius 1 is 1.53 bits per heavy atom. The van der Waals surface area contributed by atoms with Crippen LogP contribution in [0.5, 0.6) is 0 Å². The molecule has 2 N–H and O–H groups in total. The molecule has 6 heteroatoms. The Morgan fingerprint density at radius 2 is 2.16 bits per heavy atom. The van der Waals surface area contributed by atoms with Gasteiger partial charge in [0.1, 0.15) is 5.69 Å². The van der Waals surface area contributed by atoms with Gasteiger partial charge in [0.05, 0.1) is 10.5 Å². The number of rotatable bonds is 6. The largest absolute Gasteiger partial charge is 0.388 e. The van der Waals surface area contributed by atoms with Crippen molar-refractivity contribution in [1.82, 2.24) is 0 Å². The molecule has 0 amide bonds. The topological polar surface area (TPSA) is 75.4 Å². The summed E-state index contributed by atoms with van der Waals surface area (Å²) in [7, 11) is 0. The van der Waals surface area contributed by atoms with E-state index < -0.39 is 22.0 Å². The van der Waals surface area contributed by atoms with Gasteiger partial charge in [0.15, 0.2) is 0 Å². The van der Waals surface area contributed by atoms with Gasteiger partial charge in [0, 0.05) is 6.54 Å². The van der Waals surface area contributed by atoms with Crippen LogP contribution in [0.1, 0.15) is 27.2 Å². The number of aliphatic hydroxyl groups is 1. The van der Waals surface area contributed by atoms with Crippen LogP contribution in [0.2, 0.25) is 0 Å². The monoisotopic (exact) mass is 270 g/mol. The number of hydrogen-bond acceptors (Lipinski definition) is 4. The van der Waals surface area contributed by atoms with Crippen molar-refractivity contribution in [2.45, 2.75) is 32.8 Å². The minimum Gasteiger partial charge on any atom is -0.388 e. The molecule has 0 heterocycles. The second-order valence-corrected chi connectivity index (χ2v) is 5.34. The summed E-state index contributed by atoms with van der Waals surface area (Å²) >= 11 is 0. The molecule has 5 nitrogen and oxygen atoms in total. The fourth-order valence-corrected chi connectivity index (χ4v) is 2.08. The van der Waals surface area contributed by atoms with Crippen molar-refractivity contribution in [2.24, 2.45) is 5.92 Å². The van der Waals surface area contributed by atoms with E-state index in [-0.39, 0.29) is 12.2 Å². The average Bonchev–Trinajstić information content (AvgIpc) is 2.24. The fourth-order valence-electron chi connectivity index (χ4n) is 2.08. The fraction of sp³-hybridized carbons (Fsp3) is 0.538. The summed E-state index contributed by atoms with van der Waals surface area (Å²) in [6.07, 6.45) is 0.545. The molecule has 0 aliphatic rings. The van der Waals surface area contributed by atoms with E-state index in [1.807, 2.05) is 13.8 Å². The minimum absolute atomic E-state index is 0.0778. The molecule has 0 bridgehead atoms. The number of nitrogens with zero attached hydrogens (tertiary/aromatic N) is 1. The second kappa shape index (κ2) is 5.97. The molecule has 0 saturated carbocycles. The molecule has 0 aliphatic heterocycles. The maximum atomic E-state index is 13.4. The van der Waals surface area contributed by atoms with E-state index in [0.29, 0.717) is 12.3 Å². The summed E-state index contributed by atoms with van der Waals surface area (Å²) in [5.74, 6) is -0.599. The molecule has 0 fully saturated rings. The van der Waals surface area contributed by atoms with Gasteiger partial charge in [-0.1, -0.05) is 19.9 Å². The van der Waals surface area contributed by atoms with Crippen LogP contribution in [0.15, 0.2) is 18.2 Å². The Hall–Kier alpha value is -1.69. The first-order chi connectivity index (χ1) is 8.73. The van der Waals surface area contributed by atoms with Crippen molar-refractivity contribution in [1.29, 1.82) is 0 Å². The van der Waals surface area contributed by atoms with Gasteiger partial charge in [-0.2, -0.15) is 4.39 Å². The summed E-state index contributed by atoms with van der Waals surface area (Å²) in [6, 6.07) is 3.85. The molecule has 106 valence electrons. The van der Waals surface area contributed by atoms with Crippen LogP contribution in [0.25, 0.3) is 0 Å². The second-order valence-electron chi connectivity index (χ2n) is 5.34. The first-order valence-electron chi connectivity index (χ1n) is 6.12. The number of nitrogens with one attached hydrogen (secondary N) is 1. The highest BCUT2D eigenvalue weighted by Gasteiger charge is 2.25. The van der Waals surface area contributed by atoms with E-state index >= 15 is 0 Å². The molecule has 0 saturated heterocycles. The van der Waals surface area contributed by atoms with Gasteiger partial charge in [-0.05, 0) is 31.4 Å². The van der Waals surface area contributed by atoms with Gasteiger partial charge in [0.2, 0.25) is 5.82 Å². The zero-order valence-corrected chi connectivity index (χ0v) is 11.3. The van der Waals surface area contributed by atoms with Crippen LogP contribution in [-0.4, -0.2) is 22.2 Å². The van der Waals surface area contributed by atoms with Crippen molar-refractivity contribution in [3.8, 4) is 0 Å². The average molecular weight is 270 g/mol. The highest BCUT2D eigenvalue weighted by atomic mass is 19.1. The summed E-state index contributed by atoms with van der Waals surface area (Å²) in [4.78, 5) is 10.0. The normalized spacial score (nSPS) is 14.2. The van der Waals surface area contributed by atoms with Crippen molar-refractivity contribution in [3.05, 3.63) is 34.1 Å². The van der Waals surface area contributed by atoms with Gasteiger partial charge in [-0.25, -0.2) is 0 Å². The lowest BCUT2D eigenvalue weighted by Gasteiger charge is -2.26. The molecule has 0 aromatic heterocycles. The third-order valence-electron chi connectivity index (χ3n) is 2.68. The van der Waals surface area contributed by atoms with E-state index in [1.54, 1.807) is 6.92 Å². The number of anilines is 1. The predicted octanol–water partition coefficient (Wildman–Crippen LogP) is 2.94. The quantitative estimate of drug-likeness (QED) is 0.615. The van der Waals surface area contributed by atoms with Crippen LogP contribution < -0.4 is 5.32 Å². The van der Waals surface area contributed by atoms with E-state index in [9.17, 15) is 19.6 Å². The SMILES string of the molecule is CC(C)CC(C)(O)CNc1cccc(F)c1[N+](=O)[O-]. The Balaban J connectivity index is 2.84. The highest BCUT2D eigenvalue weighted by molar-refractivity contribution is 5.62. The number of nitro benzene ring substituents is 1. The van der Waals surface area contributed by atoms with E-state index in [0.717, 1.165) is 6.07 Å². The lowest BCUT2D eigenvalue weighted by Crippen LogP contribution is -2.35. The Bertz CT molecular complexity index is 461. The zero-order valence-electron chi connectivity index (χ0n) is 11.3. The number of para-hydroxylation sites is 1. The lowest BCUT2D eigenvalue weighted by atomic mass is 9.94. The number of hydrogen-bond donors (Lipinski definition) is 2. The van der Waals surface area contributed by atoms with E-state index in [2.05, 4.69) is 5.32 Å². The smallest absolute Gasteiger partial charge is 0.327 e. The Morgan fingerprint density at radius 3 is 2.68 bits per heavy atom. The van der Waals surface area contributed by atoms with Gasteiger partial charge in [-0.15, -0.1) is 0 Å². The van der Waals surface area contributed by atoms with Gasteiger partial charge in [0.25, 0.3) is 0 Å². The summed E-state index contributed by atoms with van der Waals surface area (Å²) in [5, 5.41) is 23.7. The Kier molecular flexibility index (Phi) is 4.83. The molecule has 0 aliphatic carbocycles. The maximum absolute atomic E-state index is 13.4. The molecule has 0 radical (unpaired) electrons. The van der Waals surface area contributed by atoms with Crippen molar-refractivity contribution in [3.63, 3.8) is 0 Å². The van der Waals surface area contributed by atoms with E-state index in [1.165, 1.54) is 12.1 Å². The molecule has 0 spiro atoms. The predicted molar refractivity (Wildman–Crippen MR) is 71.6 cm³/mol. The summed E-state index contributed by atoms with van der Waals surface area (Å²) in [5.41, 5.74) is -1.52. The number of nitro groups is 1. The third kappa shape index (κ3) is 4.48. The highest BCUT2D eigenvalue weighted by Crippen LogP contribution is 2.28. The molecular formula is C13H19FN2O3. The molecule has 1 atom stereocenters. The molecule has 1 rings (SSSR count). The molecule has 1 aromatic carbocycles. The maximum Gasteiger partial charge on any atom is 0.327 e. The van der Waals surface area contributed by atoms with Gasteiger partial charge in [-0.3, -0.25) is 10.1 Å². The first kappa shape index (κ1) is 15.4. The van der Waals surface area contributed by atoms with Crippen LogP contribution in [0, 0.1) is 21.8 Å². The van der Waals surface area contributed by atoms with Crippen LogP contribution >= 0.6 is 0 Å². The summed E-state index contributed by atoms with van der Waals surface area (Å²) in [6.45, 7) is 5.71. The standard InChI is InChI=1S/C13H19FN2O3/c1-9(2)7-13(3,17)8-15-11-6-4-5-10(14)12(11)16(18)19/h4-6,9,15,17H,7-8H2,1-3H3. The summed E-state index contributed by atoms with van der Waals surface area (Å²) < 4.78 is 13.4. The van der Waals surface area contributed by atoms with Crippen LogP contribution in [0.4, 0.5) is 15.8 Å². The molecule has 1 aromatic rings. The number of benzene rings is 1. The minimum atomic E-state index is -1.01. The third-order valence-corrected chi connectivity index (χ3v) is 2.68. The van der Waals surface area contributed by atoms with Gasteiger partial charge < -0.3 is 10.4 Å². The van der Waals surface area contributed by atoms with Crippen LogP contribution in [-0.2, 0) is 0 Å². The zero-order chi connectivity index (χ0) is 14.6. The molecule has 1 unspecified atom stereocenters. The van der Waals surface area contributed by atoms with Gasteiger partial charge >= 0.3 is 5.69 Å². The molecule has 19 heavy (non-hydrogen) atoms. The van der Waals surface area contributed by atoms with Crippen LogP contribution in [0.3, 0.4) is 0 Å². The first-order valence-corrected chi connectivity index (χ1v) is 6.12. The van der Waals surface area contributed by atoms with E-state index in [4.69, 9.17) is 0 Å². The Labute approximate surface area is 111 Å².